The van der Waals surface area contributed by atoms with E-state index in [2.05, 4.69) is 10.4 Å². The van der Waals surface area contributed by atoms with Crippen molar-refractivity contribution in [1.29, 1.82) is 0 Å². The second-order valence-corrected chi connectivity index (χ2v) is 5.30. The van der Waals surface area contributed by atoms with E-state index in [1.807, 2.05) is 30.3 Å². The van der Waals surface area contributed by atoms with Gasteiger partial charge in [-0.1, -0.05) is 18.2 Å². The Hall–Kier alpha value is -2.41. The quantitative estimate of drug-likeness (QED) is 0.688. The highest BCUT2D eigenvalue weighted by Gasteiger charge is 2.34. The molecule has 0 aliphatic carbocycles. The maximum Gasteiger partial charge on any atom is 0.267 e. The van der Waals surface area contributed by atoms with Gasteiger partial charge in [0, 0.05) is 26.7 Å². The van der Waals surface area contributed by atoms with Crippen LogP contribution in [0.2, 0.25) is 0 Å². The fraction of sp³-hybridized carbons (Fsp3) is 0.438. The summed E-state index contributed by atoms with van der Waals surface area (Å²) < 4.78 is 4.96. The van der Waals surface area contributed by atoms with Gasteiger partial charge in [0.15, 0.2) is 0 Å². The molecular weight excluding hydrogens is 296 g/mol. The Morgan fingerprint density at radius 1 is 1.35 bits per heavy atom. The highest BCUT2D eigenvalue weighted by molar-refractivity contribution is 6.40. The van der Waals surface area contributed by atoms with Crippen LogP contribution in [0.3, 0.4) is 0 Å². The van der Waals surface area contributed by atoms with Gasteiger partial charge in [-0.15, -0.1) is 0 Å². The number of amides is 2. The average molecular weight is 318 g/mol. The van der Waals surface area contributed by atoms with E-state index in [9.17, 15) is 9.59 Å². The van der Waals surface area contributed by atoms with E-state index >= 15 is 0 Å². The number of benzene rings is 1. The fourth-order valence-corrected chi connectivity index (χ4v) is 2.36. The van der Waals surface area contributed by atoms with Crippen molar-refractivity contribution in [2.45, 2.75) is 25.3 Å². The molecule has 0 radical (unpaired) electrons. The Kier molecular flexibility index (Phi) is 6.10. The van der Waals surface area contributed by atoms with Crippen molar-refractivity contribution in [2.75, 3.05) is 25.3 Å². The lowest BCUT2D eigenvalue weighted by molar-refractivity contribution is -0.119. The summed E-state index contributed by atoms with van der Waals surface area (Å²) in [6, 6.07) is 8.58. The Balaban J connectivity index is 1.99. The topological polar surface area (TPSA) is 97.0 Å². The zero-order valence-electron chi connectivity index (χ0n) is 13.2. The zero-order chi connectivity index (χ0) is 16.7. The number of hydrogen-bond acceptors (Lipinski definition) is 5. The Morgan fingerprint density at radius 3 is 2.74 bits per heavy atom. The van der Waals surface area contributed by atoms with E-state index in [1.165, 1.54) is 5.01 Å². The van der Waals surface area contributed by atoms with Gasteiger partial charge in [-0.2, -0.15) is 5.10 Å². The van der Waals surface area contributed by atoms with Gasteiger partial charge in [0.2, 0.25) is 5.91 Å². The molecule has 1 aliphatic heterocycles. The number of nitrogens with two attached hydrogens (primary N) is 1. The molecule has 124 valence electrons. The molecule has 2 amide bonds. The fourth-order valence-electron chi connectivity index (χ4n) is 2.36. The highest BCUT2D eigenvalue weighted by Crippen LogP contribution is 2.24. The van der Waals surface area contributed by atoms with Gasteiger partial charge in [-0.3, -0.25) is 14.6 Å². The van der Waals surface area contributed by atoms with Crippen LogP contribution < -0.4 is 16.1 Å². The number of nitrogens with one attached hydrogen (secondary N) is 1. The summed E-state index contributed by atoms with van der Waals surface area (Å²) in [6.07, 6.45) is 1.92. The third kappa shape index (κ3) is 4.53. The molecule has 3 N–H and O–H groups in total. The number of hydrogen-bond donors (Lipinski definition) is 2. The molecular formula is C16H22N4O3. The standard InChI is InChI=1S/C16H22N4O3/c1-23-10-6-5-9-18-16(22)13-11-14(15(17)21)20(19-13)12-7-3-2-4-8-12/h2-4,7-8,14H,5-6,9-11H2,1H3,(H2,17,21)(H,18,22). The third-order valence-electron chi connectivity index (χ3n) is 3.58. The van der Waals surface area contributed by atoms with Gasteiger partial charge in [0.25, 0.3) is 5.91 Å². The molecule has 7 nitrogen and oxygen atoms in total. The summed E-state index contributed by atoms with van der Waals surface area (Å²) in [5, 5.41) is 8.62. The number of ether oxygens (including phenoxy) is 1. The first-order chi connectivity index (χ1) is 11.1. The van der Waals surface area contributed by atoms with Crippen molar-refractivity contribution in [3.63, 3.8) is 0 Å². The molecule has 0 saturated heterocycles. The summed E-state index contributed by atoms with van der Waals surface area (Å²) in [4.78, 5) is 23.8. The van der Waals surface area contributed by atoms with E-state index in [1.54, 1.807) is 7.11 Å². The monoisotopic (exact) mass is 318 g/mol. The Bertz CT molecular complexity index is 574. The lowest BCUT2D eigenvalue weighted by atomic mass is 10.1. The van der Waals surface area contributed by atoms with Crippen molar-refractivity contribution in [3.8, 4) is 0 Å². The number of unbranched alkanes of at least 4 members (excludes halogenated alkanes) is 1. The third-order valence-corrected chi connectivity index (χ3v) is 3.58. The zero-order valence-corrected chi connectivity index (χ0v) is 13.2. The first kappa shape index (κ1) is 17.0. The molecule has 1 unspecified atom stereocenters. The average Bonchev–Trinajstić information content (AvgIpc) is 3.01. The minimum absolute atomic E-state index is 0.216. The van der Waals surface area contributed by atoms with Crippen LogP contribution in [-0.4, -0.2) is 43.8 Å². The number of carbonyl (C=O) groups excluding carboxylic acids is 2. The van der Waals surface area contributed by atoms with Crippen LogP contribution in [0.5, 0.6) is 0 Å². The number of primary amides is 1. The molecule has 23 heavy (non-hydrogen) atoms. The number of rotatable bonds is 8. The number of hydrazone groups is 1. The molecule has 0 fully saturated rings. The van der Waals surface area contributed by atoms with Crippen molar-refractivity contribution in [1.82, 2.24) is 5.32 Å². The molecule has 1 aromatic rings. The second-order valence-electron chi connectivity index (χ2n) is 5.30. The summed E-state index contributed by atoms with van der Waals surface area (Å²) in [6.45, 7) is 1.22. The predicted octanol–water partition coefficient (Wildman–Crippen LogP) is 0.649. The van der Waals surface area contributed by atoms with E-state index in [0.29, 0.717) is 18.9 Å². The van der Waals surface area contributed by atoms with Crippen molar-refractivity contribution >= 4 is 23.2 Å². The molecule has 1 aliphatic rings. The van der Waals surface area contributed by atoms with Gasteiger partial charge < -0.3 is 15.8 Å². The largest absolute Gasteiger partial charge is 0.385 e. The van der Waals surface area contributed by atoms with Gasteiger partial charge in [-0.05, 0) is 25.0 Å². The maximum absolute atomic E-state index is 12.2. The Labute approximate surface area is 135 Å². The molecule has 1 heterocycles. The number of anilines is 1. The second kappa shape index (κ2) is 8.28. The van der Waals surface area contributed by atoms with Crippen LogP contribution in [0.15, 0.2) is 35.4 Å². The molecule has 0 saturated carbocycles. The van der Waals surface area contributed by atoms with Gasteiger partial charge in [-0.25, -0.2) is 0 Å². The molecule has 1 atom stereocenters. The van der Waals surface area contributed by atoms with Crippen molar-refractivity contribution < 1.29 is 14.3 Å². The summed E-state index contributed by atoms with van der Waals surface area (Å²) >= 11 is 0. The summed E-state index contributed by atoms with van der Waals surface area (Å²) in [7, 11) is 1.65. The minimum Gasteiger partial charge on any atom is -0.385 e. The number of para-hydroxylation sites is 1. The van der Waals surface area contributed by atoms with Crippen LogP contribution in [0, 0.1) is 0 Å². The van der Waals surface area contributed by atoms with Crippen LogP contribution in [0.1, 0.15) is 19.3 Å². The molecule has 0 spiro atoms. The van der Waals surface area contributed by atoms with E-state index in [0.717, 1.165) is 18.5 Å². The molecule has 0 bridgehead atoms. The molecule has 1 aromatic carbocycles. The molecule has 7 heteroatoms. The summed E-state index contributed by atoms with van der Waals surface area (Å²) in [5.74, 6) is -0.757. The molecule has 2 rings (SSSR count). The number of methoxy groups -OCH3 is 1. The summed E-state index contributed by atoms with van der Waals surface area (Å²) in [5.41, 5.74) is 6.50. The van der Waals surface area contributed by atoms with E-state index in [-0.39, 0.29) is 12.3 Å². The van der Waals surface area contributed by atoms with E-state index in [4.69, 9.17) is 10.5 Å². The Morgan fingerprint density at radius 2 is 2.09 bits per heavy atom. The lowest BCUT2D eigenvalue weighted by Gasteiger charge is -2.20. The van der Waals surface area contributed by atoms with Crippen molar-refractivity contribution in [3.05, 3.63) is 30.3 Å². The predicted molar refractivity (Wildman–Crippen MR) is 88.1 cm³/mol. The van der Waals surface area contributed by atoms with E-state index < -0.39 is 11.9 Å². The van der Waals surface area contributed by atoms with Gasteiger partial charge >= 0.3 is 0 Å². The first-order valence-corrected chi connectivity index (χ1v) is 7.61. The smallest absolute Gasteiger partial charge is 0.267 e. The number of nitrogens with zero attached hydrogens (tertiary/aromatic N) is 2. The molecule has 0 aromatic heterocycles. The van der Waals surface area contributed by atoms with Gasteiger partial charge in [0.05, 0.1) is 5.69 Å². The van der Waals surface area contributed by atoms with Gasteiger partial charge in [0.1, 0.15) is 11.8 Å². The van der Waals surface area contributed by atoms with Crippen molar-refractivity contribution in [2.24, 2.45) is 10.8 Å². The SMILES string of the molecule is COCCCCNC(=O)C1=NN(c2ccccc2)C(C(N)=O)C1. The van der Waals surface area contributed by atoms with Crippen LogP contribution in [0.25, 0.3) is 0 Å². The maximum atomic E-state index is 12.2. The van der Waals surface area contributed by atoms with Crippen LogP contribution in [-0.2, 0) is 14.3 Å². The van der Waals surface area contributed by atoms with Crippen LogP contribution >= 0.6 is 0 Å². The lowest BCUT2D eigenvalue weighted by Crippen LogP contribution is -2.40. The normalized spacial score (nSPS) is 17.0. The van der Waals surface area contributed by atoms with Crippen LogP contribution in [0.4, 0.5) is 5.69 Å². The minimum atomic E-state index is -0.633. The first-order valence-electron chi connectivity index (χ1n) is 7.61. The highest BCUT2D eigenvalue weighted by atomic mass is 16.5. The number of carbonyl (C=O) groups is 2.